The van der Waals surface area contributed by atoms with Crippen molar-refractivity contribution in [2.45, 2.75) is 46.7 Å². The van der Waals surface area contributed by atoms with Crippen LogP contribution in [-0.2, 0) is 6.18 Å². The first-order chi connectivity index (χ1) is 8.09. The van der Waals surface area contributed by atoms with Gasteiger partial charge in [0.2, 0.25) is 0 Å². The highest BCUT2D eigenvalue weighted by Gasteiger charge is 2.42. The van der Waals surface area contributed by atoms with Crippen molar-refractivity contribution in [2.24, 2.45) is 5.41 Å². The van der Waals surface area contributed by atoms with Crippen molar-refractivity contribution in [3.05, 3.63) is 15.6 Å². The fourth-order valence-electron chi connectivity index (χ4n) is 1.82. The maximum absolute atomic E-state index is 12.8. The molecule has 6 heteroatoms. The summed E-state index contributed by atoms with van der Waals surface area (Å²) < 4.78 is 38.4. The first-order valence-corrected chi connectivity index (χ1v) is 6.50. The average molecular weight is 279 g/mol. The van der Waals surface area contributed by atoms with E-state index in [0.717, 1.165) is 17.8 Å². The van der Waals surface area contributed by atoms with E-state index in [-0.39, 0.29) is 9.88 Å². The van der Waals surface area contributed by atoms with E-state index in [1.165, 1.54) is 6.92 Å². The predicted molar refractivity (Wildman–Crippen MR) is 64.9 cm³/mol. The molecule has 102 valence electrons. The van der Waals surface area contributed by atoms with E-state index in [4.69, 9.17) is 0 Å². The summed E-state index contributed by atoms with van der Waals surface area (Å²) in [5.74, 6) is -0.470. The van der Waals surface area contributed by atoms with Crippen molar-refractivity contribution in [2.75, 3.05) is 0 Å². The van der Waals surface area contributed by atoms with Crippen molar-refractivity contribution in [1.29, 1.82) is 0 Å². The number of carbonyl (C=O) groups excluding carboxylic acids is 1. The second-order valence-electron chi connectivity index (χ2n) is 4.87. The molecule has 0 saturated heterocycles. The lowest BCUT2D eigenvalue weighted by Crippen LogP contribution is -2.25. The number of ketones is 1. The lowest BCUT2D eigenvalue weighted by atomic mass is 9.82. The van der Waals surface area contributed by atoms with E-state index in [2.05, 4.69) is 4.98 Å². The zero-order valence-electron chi connectivity index (χ0n) is 10.8. The van der Waals surface area contributed by atoms with Crippen LogP contribution in [0.25, 0.3) is 0 Å². The van der Waals surface area contributed by atoms with Crippen molar-refractivity contribution < 1.29 is 18.0 Å². The minimum absolute atomic E-state index is 0.262. The Hall–Kier alpha value is -0.910. The minimum Gasteiger partial charge on any atom is -0.293 e. The minimum atomic E-state index is -4.57. The molecule has 2 nitrogen and oxygen atoms in total. The van der Waals surface area contributed by atoms with E-state index in [1.54, 1.807) is 13.8 Å². The Morgan fingerprint density at radius 2 is 1.89 bits per heavy atom. The summed E-state index contributed by atoms with van der Waals surface area (Å²) in [7, 11) is 0. The van der Waals surface area contributed by atoms with E-state index in [0.29, 0.717) is 6.42 Å². The highest BCUT2D eigenvalue weighted by Crippen LogP contribution is 2.38. The van der Waals surface area contributed by atoms with Crippen molar-refractivity contribution in [3.8, 4) is 0 Å². The van der Waals surface area contributed by atoms with E-state index >= 15 is 0 Å². The van der Waals surface area contributed by atoms with Gasteiger partial charge in [0, 0.05) is 5.41 Å². The van der Waals surface area contributed by atoms with Crippen LogP contribution in [0.4, 0.5) is 13.2 Å². The Balaban J connectivity index is 3.22. The van der Waals surface area contributed by atoms with Gasteiger partial charge < -0.3 is 0 Å². The molecule has 0 bridgehead atoms. The molecule has 1 aromatic heterocycles. The molecular formula is C12H16F3NOS. The molecule has 0 aliphatic carbocycles. The van der Waals surface area contributed by atoms with Crippen LogP contribution in [0.1, 0.15) is 54.0 Å². The number of rotatable bonds is 4. The van der Waals surface area contributed by atoms with Crippen LogP contribution in [-0.4, -0.2) is 10.8 Å². The summed E-state index contributed by atoms with van der Waals surface area (Å²) in [5, 5.41) is 0.262. The maximum atomic E-state index is 12.8. The van der Waals surface area contributed by atoms with Gasteiger partial charge in [-0.15, -0.1) is 11.3 Å². The molecule has 0 amide bonds. The molecular weight excluding hydrogens is 263 g/mol. The Bertz CT molecular complexity index is 449. The van der Waals surface area contributed by atoms with Gasteiger partial charge in [-0.2, -0.15) is 13.2 Å². The van der Waals surface area contributed by atoms with Crippen LogP contribution in [0.3, 0.4) is 0 Å². The van der Waals surface area contributed by atoms with Crippen LogP contribution in [0.15, 0.2) is 0 Å². The van der Waals surface area contributed by atoms with Crippen LogP contribution >= 0.6 is 11.3 Å². The zero-order chi connectivity index (χ0) is 14.1. The maximum Gasteiger partial charge on any atom is 0.434 e. The number of aryl methyl sites for hydroxylation is 1. The van der Waals surface area contributed by atoms with Gasteiger partial charge in [0.25, 0.3) is 0 Å². The van der Waals surface area contributed by atoms with Gasteiger partial charge in [0.1, 0.15) is 4.88 Å². The van der Waals surface area contributed by atoms with Crippen molar-refractivity contribution in [3.63, 3.8) is 0 Å². The third-order valence-corrected chi connectivity index (χ3v) is 3.67. The fourth-order valence-corrected chi connectivity index (χ4v) is 2.88. The lowest BCUT2D eigenvalue weighted by Gasteiger charge is -2.22. The third kappa shape index (κ3) is 3.10. The number of hydrogen-bond donors (Lipinski definition) is 0. The molecule has 0 aliphatic rings. The highest BCUT2D eigenvalue weighted by atomic mass is 32.1. The summed E-state index contributed by atoms with van der Waals surface area (Å²) in [6, 6.07) is 0. The summed E-state index contributed by atoms with van der Waals surface area (Å²) in [6.07, 6.45) is -3.27. The fraction of sp³-hybridized carbons (Fsp3) is 0.667. The van der Waals surface area contributed by atoms with Gasteiger partial charge in [-0.05, 0) is 13.3 Å². The Morgan fingerprint density at radius 3 is 2.33 bits per heavy atom. The van der Waals surface area contributed by atoms with Gasteiger partial charge >= 0.3 is 6.18 Å². The Labute approximate surface area is 108 Å². The molecule has 0 fully saturated rings. The van der Waals surface area contributed by atoms with E-state index in [9.17, 15) is 18.0 Å². The van der Waals surface area contributed by atoms with Crippen LogP contribution in [0.2, 0.25) is 0 Å². The number of hydrogen-bond acceptors (Lipinski definition) is 3. The molecule has 0 unspecified atom stereocenters. The summed E-state index contributed by atoms with van der Waals surface area (Å²) in [5.41, 5.74) is -1.83. The summed E-state index contributed by atoms with van der Waals surface area (Å²) in [4.78, 5) is 15.4. The molecule has 1 aromatic rings. The molecule has 0 aromatic carbocycles. The number of halogens is 3. The molecule has 0 spiro atoms. The summed E-state index contributed by atoms with van der Waals surface area (Å²) >= 11 is 0.821. The predicted octanol–water partition coefficient (Wildman–Crippen LogP) is 4.48. The lowest BCUT2D eigenvalue weighted by molar-refractivity contribution is -0.141. The molecule has 0 N–H and O–H groups in total. The van der Waals surface area contributed by atoms with Gasteiger partial charge in [-0.1, -0.05) is 27.2 Å². The normalized spacial score (nSPS) is 12.8. The SMILES string of the molecule is CCCC(C)(C)C(=O)c1sc(C)nc1C(F)(F)F. The largest absolute Gasteiger partial charge is 0.434 e. The quantitative estimate of drug-likeness (QED) is 0.761. The van der Waals surface area contributed by atoms with Gasteiger partial charge in [0.05, 0.1) is 5.01 Å². The van der Waals surface area contributed by atoms with Crippen LogP contribution < -0.4 is 0 Å². The van der Waals surface area contributed by atoms with E-state index in [1.807, 2.05) is 6.92 Å². The van der Waals surface area contributed by atoms with Crippen LogP contribution in [0, 0.1) is 12.3 Å². The van der Waals surface area contributed by atoms with Gasteiger partial charge in [-0.25, -0.2) is 4.98 Å². The molecule has 1 heterocycles. The van der Waals surface area contributed by atoms with Crippen molar-refractivity contribution >= 4 is 17.1 Å². The first kappa shape index (κ1) is 15.1. The molecule has 18 heavy (non-hydrogen) atoms. The van der Waals surface area contributed by atoms with Crippen molar-refractivity contribution in [1.82, 2.24) is 4.98 Å². The first-order valence-electron chi connectivity index (χ1n) is 5.69. The van der Waals surface area contributed by atoms with Gasteiger partial charge in [0.15, 0.2) is 11.5 Å². The molecule has 0 radical (unpaired) electrons. The highest BCUT2D eigenvalue weighted by molar-refractivity contribution is 7.13. The summed E-state index contributed by atoms with van der Waals surface area (Å²) in [6.45, 7) is 6.73. The monoisotopic (exact) mass is 279 g/mol. The molecule has 0 aliphatic heterocycles. The number of carbonyl (C=O) groups is 1. The standard InChI is InChI=1S/C12H16F3NOS/c1-5-6-11(3,4)10(17)8-9(12(13,14)15)16-7(2)18-8/h5-6H2,1-4H3. The third-order valence-electron chi connectivity index (χ3n) is 2.70. The Morgan fingerprint density at radius 1 is 1.33 bits per heavy atom. The molecule has 0 saturated carbocycles. The smallest absolute Gasteiger partial charge is 0.293 e. The van der Waals surface area contributed by atoms with E-state index < -0.39 is 23.1 Å². The Kier molecular flexibility index (Phi) is 4.20. The van der Waals surface area contributed by atoms with Crippen LogP contribution in [0.5, 0.6) is 0 Å². The number of aromatic nitrogens is 1. The average Bonchev–Trinajstić information content (AvgIpc) is 2.58. The molecule has 0 atom stereocenters. The number of Topliss-reactive ketones (excluding diaryl/α,β-unsaturated/α-hetero) is 1. The second kappa shape index (κ2) is 4.99. The number of thiazole rings is 1. The van der Waals surface area contributed by atoms with Gasteiger partial charge in [-0.3, -0.25) is 4.79 Å². The number of nitrogens with zero attached hydrogens (tertiary/aromatic N) is 1. The topological polar surface area (TPSA) is 30.0 Å². The number of alkyl halides is 3. The second-order valence-corrected chi connectivity index (χ2v) is 6.07. The zero-order valence-corrected chi connectivity index (χ0v) is 11.6. The molecule has 1 rings (SSSR count).